The summed E-state index contributed by atoms with van der Waals surface area (Å²) in [5, 5.41) is 6.03. The molecule has 2 aromatic rings. The molecule has 1 aliphatic heterocycles. The lowest BCUT2D eigenvalue weighted by Crippen LogP contribution is -2.24. The first-order valence-corrected chi connectivity index (χ1v) is 9.42. The zero-order valence-electron chi connectivity index (χ0n) is 16.8. The van der Waals surface area contributed by atoms with E-state index in [9.17, 15) is 9.59 Å². The van der Waals surface area contributed by atoms with Crippen molar-refractivity contribution in [2.45, 2.75) is 26.3 Å². The lowest BCUT2D eigenvalue weighted by molar-refractivity contribution is -0.145. The number of nitrogens with zero attached hydrogens (tertiary/aromatic N) is 2. The molecular weight excluding hydrogens is 372 g/mol. The van der Waals surface area contributed by atoms with Gasteiger partial charge in [0.25, 0.3) is 0 Å². The van der Waals surface area contributed by atoms with E-state index in [1.165, 1.54) is 11.9 Å². The fourth-order valence-electron chi connectivity index (χ4n) is 3.17. The van der Waals surface area contributed by atoms with Gasteiger partial charge in [0, 0.05) is 13.3 Å². The number of hydrogen-bond donors (Lipinski definition) is 0. The van der Waals surface area contributed by atoms with E-state index in [1.807, 2.05) is 42.5 Å². The summed E-state index contributed by atoms with van der Waals surface area (Å²) >= 11 is 0. The molecule has 0 fully saturated rings. The summed E-state index contributed by atoms with van der Waals surface area (Å²) in [6.45, 7) is 3.39. The van der Waals surface area contributed by atoms with Crippen LogP contribution in [0.3, 0.4) is 0 Å². The quantitative estimate of drug-likeness (QED) is 0.671. The number of hydrogen-bond acceptors (Lipinski definition) is 6. The maximum atomic E-state index is 12.2. The zero-order valence-corrected chi connectivity index (χ0v) is 16.8. The standard InChI is InChI=1S/C22H24N2O5/c1-4-28-22(26)14-29-19-7-5-6-17(12-19)21-13-20(23-24(21)15(2)25)16-8-10-18(27-3)11-9-16/h5-12,21H,4,13-14H2,1-3H3. The van der Waals surface area contributed by atoms with Crippen LogP contribution in [-0.2, 0) is 14.3 Å². The molecule has 0 radical (unpaired) electrons. The van der Waals surface area contributed by atoms with Crippen LogP contribution in [0, 0.1) is 0 Å². The van der Waals surface area contributed by atoms with Crippen LogP contribution in [0.1, 0.15) is 37.4 Å². The van der Waals surface area contributed by atoms with E-state index in [0.29, 0.717) is 18.8 Å². The zero-order chi connectivity index (χ0) is 20.8. The highest BCUT2D eigenvalue weighted by Gasteiger charge is 2.31. The highest BCUT2D eigenvalue weighted by Crippen LogP contribution is 2.34. The number of carbonyl (C=O) groups excluding carboxylic acids is 2. The Bertz CT molecular complexity index is 908. The van der Waals surface area contributed by atoms with E-state index in [-0.39, 0.29) is 18.6 Å². The van der Waals surface area contributed by atoms with Gasteiger partial charge >= 0.3 is 5.97 Å². The maximum Gasteiger partial charge on any atom is 0.344 e. The van der Waals surface area contributed by atoms with Gasteiger partial charge in [-0.25, -0.2) is 9.80 Å². The van der Waals surface area contributed by atoms with Gasteiger partial charge in [-0.1, -0.05) is 12.1 Å². The van der Waals surface area contributed by atoms with Crippen LogP contribution in [0.5, 0.6) is 11.5 Å². The molecule has 0 aromatic heterocycles. The van der Waals surface area contributed by atoms with Gasteiger partial charge in [0.15, 0.2) is 6.61 Å². The van der Waals surface area contributed by atoms with Gasteiger partial charge in [-0.15, -0.1) is 0 Å². The van der Waals surface area contributed by atoms with Crippen molar-refractivity contribution in [1.82, 2.24) is 5.01 Å². The summed E-state index contributed by atoms with van der Waals surface area (Å²) in [4.78, 5) is 23.7. The van der Waals surface area contributed by atoms with Crippen molar-refractivity contribution in [1.29, 1.82) is 0 Å². The fraction of sp³-hybridized carbons (Fsp3) is 0.318. The highest BCUT2D eigenvalue weighted by atomic mass is 16.6. The van der Waals surface area contributed by atoms with Gasteiger partial charge in [-0.05, 0) is 54.4 Å². The van der Waals surface area contributed by atoms with Crippen molar-refractivity contribution in [3.8, 4) is 11.5 Å². The SMILES string of the molecule is CCOC(=O)COc1cccc(C2CC(c3ccc(OC)cc3)=NN2C(C)=O)c1. The molecule has 1 heterocycles. The second-order valence-corrected chi connectivity index (χ2v) is 6.52. The van der Waals surface area contributed by atoms with Crippen molar-refractivity contribution >= 4 is 17.6 Å². The minimum Gasteiger partial charge on any atom is -0.497 e. The van der Waals surface area contributed by atoms with Gasteiger partial charge in [0.2, 0.25) is 5.91 Å². The molecule has 0 N–H and O–H groups in total. The number of methoxy groups -OCH3 is 1. The molecule has 152 valence electrons. The average Bonchev–Trinajstić information content (AvgIpc) is 3.19. The Hall–Kier alpha value is -3.35. The molecule has 7 nitrogen and oxygen atoms in total. The number of amides is 1. The van der Waals surface area contributed by atoms with Crippen molar-refractivity contribution in [2.24, 2.45) is 5.10 Å². The van der Waals surface area contributed by atoms with Gasteiger partial charge in [-0.3, -0.25) is 4.79 Å². The van der Waals surface area contributed by atoms with Gasteiger partial charge in [-0.2, -0.15) is 5.10 Å². The van der Waals surface area contributed by atoms with Crippen molar-refractivity contribution in [3.63, 3.8) is 0 Å². The number of benzene rings is 2. The largest absolute Gasteiger partial charge is 0.497 e. The lowest BCUT2D eigenvalue weighted by atomic mass is 9.98. The smallest absolute Gasteiger partial charge is 0.344 e. The first kappa shape index (κ1) is 20.4. The third-order valence-electron chi connectivity index (χ3n) is 4.56. The normalized spacial score (nSPS) is 15.6. The Kier molecular flexibility index (Phi) is 6.49. The van der Waals surface area contributed by atoms with Crippen LogP contribution in [0.15, 0.2) is 53.6 Å². The predicted octanol–water partition coefficient (Wildman–Crippen LogP) is 3.33. The van der Waals surface area contributed by atoms with Crippen LogP contribution in [-0.4, -0.2) is 42.9 Å². The summed E-state index contributed by atoms with van der Waals surface area (Å²) < 4.78 is 15.6. The molecular formula is C22H24N2O5. The van der Waals surface area contributed by atoms with Gasteiger partial charge in [0.1, 0.15) is 11.5 Å². The number of ether oxygens (including phenoxy) is 3. The van der Waals surface area contributed by atoms with Gasteiger partial charge < -0.3 is 14.2 Å². The Morgan fingerprint density at radius 1 is 1.14 bits per heavy atom. The molecule has 29 heavy (non-hydrogen) atoms. The summed E-state index contributed by atoms with van der Waals surface area (Å²) in [5.74, 6) is 0.737. The van der Waals surface area contributed by atoms with Crippen LogP contribution in [0.4, 0.5) is 0 Å². The Morgan fingerprint density at radius 2 is 1.90 bits per heavy atom. The van der Waals surface area contributed by atoms with Crippen molar-refractivity contribution < 1.29 is 23.8 Å². The van der Waals surface area contributed by atoms with E-state index in [1.54, 1.807) is 20.1 Å². The van der Waals surface area contributed by atoms with E-state index in [4.69, 9.17) is 14.2 Å². The van der Waals surface area contributed by atoms with Crippen LogP contribution < -0.4 is 9.47 Å². The first-order valence-electron chi connectivity index (χ1n) is 9.42. The molecule has 0 saturated heterocycles. The van der Waals surface area contributed by atoms with E-state index in [0.717, 1.165) is 22.6 Å². The minimum atomic E-state index is -0.422. The highest BCUT2D eigenvalue weighted by molar-refractivity contribution is 6.03. The molecule has 0 bridgehead atoms. The maximum absolute atomic E-state index is 12.2. The summed E-state index contributed by atoms with van der Waals surface area (Å²) in [7, 11) is 1.62. The number of rotatable bonds is 7. The van der Waals surface area contributed by atoms with Gasteiger partial charge in [0.05, 0.1) is 25.5 Å². The summed E-state index contributed by atoms with van der Waals surface area (Å²) in [6, 6.07) is 14.7. The molecule has 0 spiro atoms. The number of carbonyl (C=O) groups is 2. The van der Waals surface area contributed by atoms with E-state index >= 15 is 0 Å². The Morgan fingerprint density at radius 3 is 2.55 bits per heavy atom. The van der Waals surface area contributed by atoms with Crippen LogP contribution >= 0.6 is 0 Å². The molecule has 2 aromatic carbocycles. The Labute approximate surface area is 169 Å². The molecule has 7 heteroatoms. The predicted molar refractivity (Wildman–Crippen MR) is 108 cm³/mol. The van der Waals surface area contributed by atoms with E-state index in [2.05, 4.69) is 5.10 Å². The number of hydrazone groups is 1. The van der Waals surface area contributed by atoms with Crippen LogP contribution in [0.25, 0.3) is 0 Å². The third kappa shape index (κ3) is 4.93. The topological polar surface area (TPSA) is 77.4 Å². The molecule has 1 aliphatic rings. The molecule has 0 aliphatic carbocycles. The third-order valence-corrected chi connectivity index (χ3v) is 4.56. The summed E-state index contributed by atoms with van der Waals surface area (Å²) in [6.07, 6.45) is 0.577. The molecule has 1 unspecified atom stereocenters. The number of esters is 1. The van der Waals surface area contributed by atoms with Crippen molar-refractivity contribution in [2.75, 3.05) is 20.3 Å². The average molecular weight is 396 g/mol. The molecule has 3 rings (SSSR count). The Balaban J connectivity index is 1.78. The monoisotopic (exact) mass is 396 g/mol. The van der Waals surface area contributed by atoms with E-state index < -0.39 is 5.97 Å². The minimum absolute atomic E-state index is 0.142. The van der Waals surface area contributed by atoms with Crippen molar-refractivity contribution in [3.05, 3.63) is 59.7 Å². The fourth-order valence-corrected chi connectivity index (χ4v) is 3.17. The van der Waals surface area contributed by atoms with Crippen LogP contribution in [0.2, 0.25) is 0 Å². The second-order valence-electron chi connectivity index (χ2n) is 6.52. The second kappa shape index (κ2) is 9.23. The first-order chi connectivity index (χ1) is 14.0. The summed E-state index contributed by atoms with van der Waals surface area (Å²) in [5.41, 5.74) is 2.65. The lowest BCUT2D eigenvalue weighted by Gasteiger charge is -2.21. The molecule has 1 atom stereocenters. The molecule has 0 saturated carbocycles. The molecule has 1 amide bonds.